The Kier molecular flexibility index (Phi) is 4.20. The number of nitrogens with one attached hydrogen (secondary N) is 1. The number of anilines is 1. The molecule has 4 heterocycles. The van der Waals surface area contributed by atoms with E-state index in [4.69, 9.17) is 0 Å². The maximum Gasteiger partial charge on any atom is 0.147 e. The first kappa shape index (κ1) is 15.5. The molecule has 0 amide bonds. The van der Waals surface area contributed by atoms with Crippen molar-refractivity contribution in [2.45, 2.75) is 31.9 Å². The van der Waals surface area contributed by atoms with Crippen molar-refractivity contribution in [1.82, 2.24) is 25.1 Å². The van der Waals surface area contributed by atoms with Crippen LogP contribution in [0.25, 0.3) is 0 Å². The number of aromatic nitrogens is 4. The highest BCUT2D eigenvalue weighted by Crippen LogP contribution is 2.41. The van der Waals surface area contributed by atoms with Gasteiger partial charge >= 0.3 is 0 Å². The molecule has 1 atom stereocenters. The maximum absolute atomic E-state index is 10.4. The molecule has 1 unspecified atom stereocenters. The van der Waals surface area contributed by atoms with Crippen molar-refractivity contribution in [3.8, 4) is 0 Å². The fraction of sp³-hybridized carbons (Fsp3) is 0.588. The fourth-order valence-electron chi connectivity index (χ4n) is 4.14. The summed E-state index contributed by atoms with van der Waals surface area (Å²) in [6.45, 7) is 4.64. The van der Waals surface area contributed by atoms with Gasteiger partial charge in [0, 0.05) is 43.9 Å². The highest BCUT2D eigenvalue weighted by molar-refractivity contribution is 5.37. The molecule has 0 aliphatic carbocycles. The molecule has 7 heteroatoms. The average molecular weight is 328 g/mol. The van der Waals surface area contributed by atoms with Crippen molar-refractivity contribution in [1.29, 1.82) is 0 Å². The summed E-state index contributed by atoms with van der Waals surface area (Å²) in [5.74, 6) is 0.871. The summed E-state index contributed by atoms with van der Waals surface area (Å²) in [5, 5.41) is 17.5. The van der Waals surface area contributed by atoms with Crippen molar-refractivity contribution >= 4 is 5.82 Å². The number of piperidine rings is 2. The molecule has 2 aromatic heterocycles. The van der Waals surface area contributed by atoms with E-state index >= 15 is 0 Å². The van der Waals surface area contributed by atoms with Crippen LogP contribution in [0, 0.1) is 5.41 Å². The molecule has 2 saturated heterocycles. The first-order valence-electron chi connectivity index (χ1n) is 8.62. The minimum atomic E-state index is -0.292. The van der Waals surface area contributed by atoms with Gasteiger partial charge in [0.25, 0.3) is 0 Å². The monoisotopic (exact) mass is 328 g/mol. The second kappa shape index (κ2) is 6.49. The molecule has 0 bridgehead atoms. The molecule has 7 nitrogen and oxygen atoms in total. The van der Waals surface area contributed by atoms with Crippen molar-refractivity contribution in [3.05, 3.63) is 36.5 Å². The van der Waals surface area contributed by atoms with Crippen molar-refractivity contribution in [2.24, 2.45) is 5.41 Å². The van der Waals surface area contributed by atoms with E-state index in [1.54, 1.807) is 24.8 Å². The Morgan fingerprint density at radius 3 is 2.83 bits per heavy atom. The molecule has 2 aromatic rings. The lowest BCUT2D eigenvalue weighted by atomic mass is 9.71. The van der Waals surface area contributed by atoms with Gasteiger partial charge in [-0.3, -0.25) is 15.0 Å². The number of H-pyrrole nitrogens is 1. The zero-order valence-electron chi connectivity index (χ0n) is 13.8. The summed E-state index contributed by atoms with van der Waals surface area (Å²) in [6, 6.07) is 2.03. The number of aromatic amines is 1. The Morgan fingerprint density at radius 1 is 1.25 bits per heavy atom. The number of likely N-dealkylation sites (tertiary alicyclic amines) is 1. The summed E-state index contributed by atoms with van der Waals surface area (Å²) < 4.78 is 0. The molecule has 0 aromatic carbocycles. The molecule has 4 rings (SSSR count). The van der Waals surface area contributed by atoms with Gasteiger partial charge in [-0.05, 0) is 43.8 Å². The van der Waals surface area contributed by atoms with Gasteiger partial charge < -0.3 is 10.0 Å². The van der Waals surface area contributed by atoms with E-state index in [1.807, 2.05) is 6.07 Å². The van der Waals surface area contributed by atoms with Gasteiger partial charge in [-0.25, -0.2) is 4.98 Å². The number of aliphatic hydroxyl groups is 1. The fourth-order valence-corrected chi connectivity index (χ4v) is 4.14. The summed E-state index contributed by atoms with van der Waals surface area (Å²) in [7, 11) is 0. The van der Waals surface area contributed by atoms with Crippen LogP contribution in [0.1, 0.15) is 25.0 Å². The van der Waals surface area contributed by atoms with E-state index in [1.165, 1.54) is 0 Å². The molecular weight excluding hydrogens is 304 g/mol. The summed E-state index contributed by atoms with van der Waals surface area (Å²) >= 11 is 0. The zero-order chi connectivity index (χ0) is 16.4. The van der Waals surface area contributed by atoms with Gasteiger partial charge in [0.2, 0.25) is 0 Å². The van der Waals surface area contributed by atoms with Crippen LogP contribution in [0.5, 0.6) is 0 Å². The van der Waals surface area contributed by atoms with Gasteiger partial charge in [0.05, 0.1) is 12.3 Å². The zero-order valence-corrected chi connectivity index (χ0v) is 13.8. The van der Waals surface area contributed by atoms with Crippen LogP contribution in [0.4, 0.5) is 5.82 Å². The number of hydrogen-bond acceptors (Lipinski definition) is 6. The first-order valence-corrected chi connectivity index (χ1v) is 8.62. The SMILES string of the molecule is OC1CN(c2cnccn2)CC2(CCN(Cc3ccn[nH]3)CC2)C1. The molecule has 1 spiro atoms. The maximum atomic E-state index is 10.4. The standard InChI is InChI=1S/C17H24N6O/c24-15-9-17(13-23(12-15)16-10-18-5-6-19-16)2-7-22(8-3-17)11-14-1-4-20-21-14/h1,4-6,10,15,24H,2-3,7-9,11-13H2,(H,20,21). The van der Waals surface area contributed by atoms with Crippen molar-refractivity contribution in [2.75, 3.05) is 31.1 Å². The van der Waals surface area contributed by atoms with Crippen LogP contribution in [-0.4, -0.2) is 62.5 Å². The second-order valence-corrected chi connectivity index (χ2v) is 7.16. The number of β-amino-alcohol motifs (C(OH)–C–C–N with tert-alkyl or cyclic N) is 1. The molecule has 128 valence electrons. The topological polar surface area (TPSA) is 81.2 Å². The number of rotatable bonds is 3. The van der Waals surface area contributed by atoms with Crippen LogP contribution in [0.15, 0.2) is 30.9 Å². The Bertz CT molecular complexity index is 638. The van der Waals surface area contributed by atoms with E-state index in [0.29, 0.717) is 6.54 Å². The third-order valence-corrected chi connectivity index (χ3v) is 5.37. The lowest BCUT2D eigenvalue weighted by Crippen LogP contribution is -2.54. The Morgan fingerprint density at radius 2 is 2.12 bits per heavy atom. The quantitative estimate of drug-likeness (QED) is 0.877. The van der Waals surface area contributed by atoms with E-state index in [2.05, 4.69) is 30.0 Å². The van der Waals surface area contributed by atoms with Gasteiger partial charge in [0.1, 0.15) is 5.82 Å². The average Bonchev–Trinajstić information content (AvgIpc) is 3.10. The van der Waals surface area contributed by atoms with Crippen LogP contribution < -0.4 is 4.90 Å². The number of aliphatic hydroxyl groups excluding tert-OH is 1. The molecule has 2 aliphatic rings. The highest BCUT2D eigenvalue weighted by atomic mass is 16.3. The number of hydrogen-bond donors (Lipinski definition) is 2. The third-order valence-electron chi connectivity index (χ3n) is 5.37. The summed E-state index contributed by atoms with van der Waals surface area (Å²) in [6.07, 6.45) is 9.81. The van der Waals surface area contributed by atoms with Crippen molar-refractivity contribution < 1.29 is 5.11 Å². The highest BCUT2D eigenvalue weighted by Gasteiger charge is 2.41. The van der Waals surface area contributed by atoms with Crippen molar-refractivity contribution in [3.63, 3.8) is 0 Å². The minimum Gasteiger partial charge on any atom is -0.391 e. The third kappa shape index (κ3) is 3.27. The Hall–Kier alpha value is -1.99. The molecular formula is C17H24N6O. The van der Waals surface area contributed by atoms with Gasteiger partial charge in [-0.15, -0.1) is 0 Å². The largest absolute Gasteiger partial charge is 0.391 e. The van der Waals surface area contributed by atoms with Gasteiger partial charge in [-0.2, -0.15) is 5.10 Å². The van der Waals surface area contributed by atoms with Crippen LogP contribution >= 0.6 is 0 Å². The van der Waals surface area contributed by atoms with E-state index in [0.717, 1.165) is 57.0 Å². The Labute approximate surface area is 141 Å². The molecule has 24 heavy (non-hydrogen) atoms. The molecule has 0 radical (unpaired) electrons. The predicted molar refractivity (Wildman–Crippen MR) is 90.4 cm³/mol. The van der Waals surface area contributed by atoms with E-state index in [9.17, 15) is 5.11 Å². The lowest BCUT2D eigenvalue weighted by Gasteiger charge is -2.49. The van der Waals surface area contributed by atoms with Gasteiger partial charge in [-0.1, -0.05) is 0 Å². The number of nitrogens with zero attached hydrogens (tertiary/aromatic N) is 5. The molecule has 0 saturated carbocycles. The molecule has 2 aliphatic heterocycles. The van der Waals surface area contributed by atoms with E-state index in [-0.39, 0.29) is 11.5 Å². The molecule has 2 fully saturated rings. The second-order valence-electron chi connectivity index (χ2n) is 7.16. The Balaban J connectivity index is 1.41. The summed E-state index contributed by atoms with van der Waals surface area (Å²) in [4.78, 5) is 13.2. The first-order chi connectivity index (χ1) is 11.7. The lowest BCUT2D eigenvalue weighted by molar-refractivity contribution is 0.0241. The van der Waals surface area contributed by atoms with Crippen LogP contribution in [0.3, 0.4) is 0 Å². The smallest absolute Gasteiger partial charge is 0.147 e. The molecule has 2 N–H and O–H groups in total. The minimum absolute atomic E-state index is 0.180. The summed E-state index contributed by atoms with van der Waals surface area (Å²) in [5.41, 5.74) is 1.34. The predicted octanol–water partition coefficient (Wildman–Crippen LogP) is 1.05. The van der Waals surface area contributed by atoms with Crippen LogP contribution in [-0.2, 0) is 6.54 Å². The van der Waals surface area contributed by atoms with Gasteiger partial charge in [0.15, 0.2) is 0 Å². The van der Waals surface area contributed by atoms with Crippen LogP contribution in [0.2, 0.25) is 0 Å². The van der Waals surface area contributed by atoms with E-state index < -0.39 is 0 Å². The normalized spacial score (nSPS) is 24.4.